The molecular formula is C18H19NO3. The molecular weight excluding hydrogens is 278 g/mol. The van der Waals surface area contributed by atoms with Crippen LogP contribution in [0.3, 0.4) is 0 Å². The molecule has 0 saturated carbocycles. The predicted molar refractivity (Wildman–Crippen MR) is 84.1 cm³/mol. The van der Waals surface area contributed by atoms with Gasteiger partial charge in [0.05, 0.1) is 12.5 Å². The molecule has 0 atom stereocenters. The number of amides is 1. The van der Waals surface area contributed by atoms with E-state index >= 15 is 0 Å². The summed E-state index contributed by atoms with van der Waals surface area (Å²) in [4.78, 5) is 14.0. The maximum absolute atomic E-state index is 12.4. The number of hydrogen-bond acceptors (Lipinski definition) is 3. The van der Waals surface area contributed by atoms with Gasteiger partial charge in [-0.3, -0.25) is 4.79 Å². The molecule has 2 aromatic rings. The van der Waals surface area contributed by atoms with Crippen molar-refractivity contribution in [3.63, 3.8) is 0 Å². The molecule has 0 radical (unpaired) electrons. The minimum atomic E-state index is -1.06. The van der Waals surface area contributed by atoms with Crippen molar-refractivity contribution < 1.29 is 14.3 Å². The minimum absolute atomic E-state index is 0.0897. The first-order chi connectivity index (χ1) is 10.3. The van der Waals surface area contributed by atoms with Crippen molar-refractivity contribution in [1.29, 1.82) is 0 Å². The number of nitrogens with zero attached hydrogens (tertiary/aromatic N) is 1. The molecule has 1 aromatic heterocycles. The summed E-state index contributed by atoms with van der Waals surface area (Å²) >= 11 is 0. The van der Waals surface area contributed by atoms with E-state index in [1.807, 2.05) is 12.1 Å². The van der Waals surface area contributed by atoms with E-state index in [0.717, 1.165) is 5.56 Å². The van der Waals surface area contributed by atoms with E-state index < -0.39 is 5.60 Å². The van der Waals surface area contributed by atoms with Crippen molar-refractivity contribution in [3.05, 3.63) is 59.5 Å². The van der Waals surface area contributed by atoms with Crippen LogP contribution in [0.15, 0.2) is 47.3 Å². The topological polar surface area (TPSA) is 53.7 Å². The lowest BCUT2D eigenvalue weighted by molar-refractivity contribution is 0.0785. The van der Waals surface area contributed by atoms with Gasteiger partial charge in [-0.05, 0) is 38.1 Å². The third-order valence-corrected chi connectivity index (χ3v) is 2.97. The molecule has 1 heterocycles. The summed E-state index contributed by atoms with van der Waals surface area (Å²) in [5.74, 6) is 5.53. The molecule has 0 aliphatic rings. The van der Waals surface area contributed by atoms with Crippen molar-refractivity contribution in [2.45, 2.75) is 26.0 Å². The normalized spacial score (nSPS) is 10.7. The predicted octanol–water partition coefficient (Wildman–Crippen LogP) is 2.67. The van der Waals surface area contributed by atoms with E-state index in [1.54, 1.807) is 56.5 Å². The Hall–Kier alpha value is -2.51. The smallest absolute Gasteiger partial charge is 0.253 e. The Morgan fingerprint density at radius 3 is 2.77 bits per heavy atom. The maximum Gasteiger partial charge on any atom is 0.253 e. The van der Waals surface area contributed by atoms with Gasteiger partial charge in [0.25, 0.3) is 5.91 Å². The zero-order valence-electron chi connectivity index (χ0n) is 13.0. The molecule has 1 aromatic carbocycles. The second-order valence-corrected chi connectivity index (χ2v) is 5.68. The van der Waals surface area contributed by atoms with Gasteiger partial charge in [-0.15, -0.1) is 0 Å². The summed E-state index contributed by atoms with van der Waals surface area (Å²) in [7, 11) is 1.74. The third kappa shape index (κ3) is 4.51. The van der Waals surface area contributed by atoms with Crippen molar-refractivity contribution in [1.82, 2.24) is 4.90 Å². The van der Waals surface area contributed by atoms with Gasteiger partial charge in [-0.1, -0.05) is 17.9 Å². The molecule has 0 aliphatic carbocycles. The molecule has 0 bridgehead atoms. The lowest BCUT2D eigenvalue weighted by Gasteiger charge is -2.16. The van der Waals surface area contributed by atoms with Crippen LogP contribution in [0.2, 0.25) is 0 Å². The molecule has 0 spiro atoms. The quantitative estimate of drug-likeness (QED) is 0.886. The molecule has 22 heavy (non-hydrogen) atoms. The third-order valence-electron chi connectivity index (χ3n) is 2.97. The van der Waals surface area contributed by atoms with E-state index in [2.05, 4.69) is 11.8 Å². The number of aliphatic hydroxyl groups is 1. The van der Waals surface area contributed by atoms with Crippen molar-refractivity contribution in [2.75, 3.05) is 7.05 Å². The molecule has 0 unspecified atom stereocenters. The number of rotatable bonds is 3. The second-order valence-electron chi connectivity index (χ2n) is 5.68. The monoisotopic (exact) mass is 297 g/mol. The molecule has 0 saturated heterocycles. The first-order valence-corrected chi connectivity index (χ1v) is 6.97. The Morgan fingerprint density at radius 1 is 1.36 bits per heavy atom. The lowest BCUT2D eigenvalue weighted by Crippen LogP contribution is -2.26. The number of carbonyl (C=O) groups is 1. The molecule has 114 valence electrons. The largest absolute Gasteiger partial charge is 0.472 e. The summed E-state index contributed by atoms with van der Waals surface area (Å²) in [6.07, 6.45) is 3.20. The van der Waals surface area contributed by atoms with Gasteiger partial charge in [0.1, 0.15) is 5.60 Å². The van der Waals surface area contributed by atoms with E-state index in [9.17, 15) is 9.90 Å². The molecule has 0 fully saturated rings. The Labute approximate surface area is 130 Å². The molecule has 2 rings (SSSR count). The average molecular weight is 297 g/mol. The Balaban J connectivity index is 2.14. The van der Waals surface area contributed by atoms with Gasteiger partial charge >= 0.3 is 0 Å². The SMILES string of the molecule is CN(Cc1ccoc1)C(=O)c1cccc(C#CC(C)(C)O)c1. The Morgan fingerprint density at radius 2 is 2.14 bits per heavy atom. The molecule has 0 aliphatic heterocycles. The fraction of sp³-hybridized carbons (Fsp3) is 0.278. The highest BCUT2D eigenvalue weighted by Crippen LogP contribution is 2.11. The van der Waals surface area contributed by atoms with E-state index in [-0.39, 0.29) is 5.91 Å². The number of hydrogen-bond donors (Lipinski definition) is 1. The summed E-state index contributed by atoms with van der Waals surface area (Å²) < 4.78 is 5.00. The molecule has 4 nitrogen and oxygen atoms in total. The molecule has 1 N–H and O–H groups in total. The molecule has 4 heteroatoms. The van der Waals surface area contributed by atoms with Crippen LogP contribution in [0.1, 0.15) is 35.3 Å². The summed E-state index contributed by atoms with van der Waals surface area (Å²) in [5.41, 5.74) is 1.14. The van der Waals surface area contributed by atoms with Crippen LogP contribution in [-0.2, 0) is 6.54 Å². The first kappa shape index (κ1) is 15.9. The number of carbonyl (C=O) groups excluding carboxylic acids is 1. The highest BCUT2D eigenvalue weighted by Gasteiger charge is 2.13. The summed E-state index contributed by atoms with van der Waals surface area (Å²) in [6.45, 7) is 3.72. The summed E-state index contributed by atoms with van der Waals surface area (Å²) in [6, 6.07) is 8.91. The van der Waals surface area contributed by atoms with Gasteiger partial charge in [0.15, 0.2) is 0 Å². The van der Waals surface area contributed by atoms with Gasteiger partial charge in [-0.2, -0.15) is 0 Å². The summed E-state index contributed by atoms with van der Waals surface area (Å²) in [5, 5.41) is 9.63. The van der Waals surface area contributed by atoms with Crippen LogP contribution < -0.4 is 0 Å². The van der Waals surface area contributed by atoms with Gasteiger partial charge in [0, 0.05) is 30.3 Å². The van der Waals surface area contributed by atoms with Gasteiger partial charge in [0.2, 0.25) is 0 Å². The van der Waals surface area contributed by atoms with E-state index in [1.165, 1.54) is 0 Å². The van der Waals surface area contributed by atoms with E-state index in [4.69, 9.17) is 4.42 Å². The second kappa shape index (κ2) is 6.50. The molecule has 1 amide bonds. The standard InChI is InChI=1S/C18H19NO3/c1-18(2,21)9-7-14-5-4-6-16(11-14)17(20)19(3)12-15-8-10-22-13-15/h4-6,8,10-11,13,21H,12H2,1-3H3. The zero-order chi connectivity index (χ0) is 16.2. The van der Waals surface area contributed by atoms with Crippen molar-refractivity contribution >= 4 is 5.91 Å². The minimum Gasteiger partial charge on any atom is -0.472 e. The maximum atomic E-state index is 12.4. The van der Waals surface area contributed by atoms with Crippen LogP contribution in [-0.4, -0.2) is 28.6 Å². The Kier molecular flexibility index (Phi) is 4.69. The number of benzene rings is 1. The van der Waals surface area contributed by atoms with Crippen LogP contribution >= 0.6 is 0 Å². The van der Waals surface area contributed by atoms with Crippen molar-refractivity contribution in [3.8, 4) is 11.8 Å². The Bertz CT molecular complexity index is 700. The zero-order valence-corrected chi connectivity index (χ0v) is 13.0. The van der Waals surface area contributed by atoms with E-state index in [0.29, 0.717) is 17.7 Å². The van der Waals surface area contributed by atoms with Crippen LogP contribution in [0.5, 0.6) is 0 Å². The van der Waals surface area contributed by atoms with Gasteiger partial charge in [-0.25, -0.2) is 0 Å². The average Bonchev–Trinajstić information content (AvgIpc) is 2.97. The highest BCUT2D eigenvalue weighted by atomic mass is 16.3. The fourth-order valence-electron chi connectivity index (χ4n) is 1.90. The lowest BCUT2D eigenvalue weighted by atomic mass is 10.1. The van der Waals surface area contributed by atoms with Gasteiger partial charge < -0.3 is 14.4 Å². The van der Waals surface area contributed by atoms with Crippen LogP contribution in [0.4, 0.5) is 0 Å². The van der Waals surface area contributed by atoms with Crippen LogP contribution in [0, 0.1) is 11.8 Å². The van der Waals surface area contributed by atoms with Crippen LogP contribution in [0.25, 0.3) is 0 Å². The first-order valence-electron chi connectivity index (χ1n) is 6.97. The fourth-order valence-corrected chi connectivity index (χ4v) is 1.90. The van der Waals surface area contributed by atoms with Crippen molar-refractivity contribution in [2.24, 2.45) is 0 Å². The highest BCUT2D eigenvalue weighted by molar-refractivity contribution is 5.94. The number of furan rings is 1.